The highest BCUT2D eigenvalue weighted by atomic mass is 79.9. The Bertz CT molecular complexity index is 126. The summed E-state index contributed by atoms with van der Waals surface area (Å²) in [4.78, 5) is 0. The van der Waals surface area contributed by atoms with Gasteiger partial charge in [0.15, 0.2) is 0 Å². The van der Waals surface area contributed by atoms with Gasteiger partial charge in [-0.3, -0.25) is 0 Å². The van der Waals surface area contributed by atoms with Crippen molar-refractivity contribution in [2.75, 3.05) is 5.33 Å². The van der Waals surface area contributed by atoms with E-state index in [1.165, 1.54) is 5.57 Å². The van der Waals surface area contributed by atoms with Gasteiger partial charge in [0.2, 0.25) is 0 Å². The summed E-state index contributed by atoms with van der Waals surface area (Å²) < 4.78 is 0. The highest BCUT2D eigenvalue weighted by molar-refractivity contribution is 9.09. The van der Waals surface area contributed by atoms with Crippen LogP contribution in [-0.2, 0) is 0 Å². The lowest BCUT2D eigenvalue weighted by Gasteiger charge is -2.01. The summed E-state index contributed by atoms with van der Waals surface area (Å²) >= 11 is 5.15. The van der Waals surface area contributed by atoms with E-state index in [0.29, 0.717) is 0 Å². The molecule has 0 saturated carbocycles. The van der Waals surface area contributed by atoms with Crippen molar-refractivity contribution in [3.05, 3.63) is 22.5 Å². The molecule has 0 atom stereocenters. The van der Waals surface area contributed by atoms with Crippen molar-refractivity contribution in [2.45, 2.75) is 6.42 Å². The third-order valence-electron chi connectivity index (χ3n) is 0.961. The first-order valence-corrected chi connectivity index (χ1v) is 4.54. The molecule has 0 radical (unpaired) electrons. The van der Waals surface area contributed by atoms with Crippen LogP contribution in [-0.4, -0.2) is 5.33 Å². The third kappa shape index (κ3) is 1.67. The first-order chi connectivity index (χ1) is 3.93. The van der Waals surface area contributed by atoms with Crippen LogP contribution >= 0.6 is 27.7 Å². The van der Waals surface area contributed by atoms with Crippen LogP contribution in [0.15, 0.2) is 22.5 Å². The van der Waals surface area contributed by atoms with Crippen LogP contribution in [0.2, 0.25) is 0 Å². The minimum atomic E-state index is 1.02. The fraction of sp³-hybridized carbons (Fsp3) is 0.333. The average Bonchev–Trinajstić information content (AvgIpc) is 1.90. The lowest BCUT2D eigenvalue weighted by molar-refractivity contribution is 1.24. The minimum absolute atomic E-state index is 1.02. The van der Waals surface area contributed by atoms with Crippen LogP contribution in [0.1, 0.15) is 6.42 Å². The number of alkyl halides is 1. The fourth-order valence-electron chi connectivity index (χ4n) is 0.525. The van der Waals surface area contributed by atoms with Crippen LogP contribution in [0, 0.1) is 0 Å². The van der Waals surface area contributed by atoms with E-state index in [2.05, 4.69) is 32.8 Å². The zero-order valence-electron chi connectivity index (χ0n) is 4.43. The number of halogens is 1. The lowest BCUT2D eigenvalue weighted by atomic mass is 10.2. The molecule has 0 nitrogen and oxygen atoms in total. The summed E-state index contributed by atoms with van der Waals surface area (Å²) in [7, 11) is 0. The van der Waals surface area contributed by atoms with Crippen LogP contribution in [0.5, 0.6) is 0 Å². The second kappa shape index (κ2) is 3.36. The van der Waals surface area contributed by atoms with Crippen molar-refractivity contribution in [1.82, 2.24) is 0 Å². The fourth-order valence-corrected chi connectivity index (χ4v) is 1.79. The third-order valence-corrected chi connectivity index (χ3v) is 2.50. The topological polar surface area (TPSA) is 0 Å². The number of hydrogen-bond acceptors (Lipinski definition) is 1. The Morgan fingerprint density at radius 2 is 2.62 bits per heavy atom. The Balaban J connectivity index is 2.43. The molecule has 0 N–H and O–H groups in total. The van der Waals surface area contributed by atoms with Crippen molar-refractivity contribution in [3.8, 4) is 0 Å². The van der Waals surface area contributed by atoms with Gasteiger partial charge in [0.05, 0.1) is 0 Å². The van der Waals surface area contributed by atoms with Crippen LogP contribution in [0.4, 0.5) is 0 Å². The maximum Gasteiger partial charge on any atom is 0.0253 e. The summed E-state index contributed by atoms with van der Waals surface area (Å²) in [6, 6.07) is 0. The molecule has 0 aromatic carbocycles. The summed E-state index contributed by atoms with van der Waals surface area (Å²) in [6.45, 7) is 0. The quantitative estimate of drug-likeness (QED) is 0.574. The number of hydrogen-bond donors (Lipinski definition) is 0. The molecule has 0 unspecified atom stereocenters. The molecule has 1 aliphatic heterocycles. The SMILES string of the molecule is BrCC1=CSC=CC1. The van der Waals surface area contributed by atoms with Gasteiger partial charge in [-0.2, -0.15) is 0 Å². The van der Waals surface area contributed by atoms with Crippen molar-refractivity contribution in [2.24, 2.45) is 0 Å². The predicted octanol–water partition coefficient (Wildman–Crippen LogP) is 2.92. The molecule has 8 heavy (non-hydrogen) atoms. The summed E-state index contributed by atoms with van der Waals surface area (Å²) in [5, 5.41) is 5.32. The van der Waals surface area contributed by atoms with Crippen molar-refractivity contribution < 1.29 is 0 Å². The van der Waals surface area contributed by atoms with Crippen LogP contribution in [0.3, 0.4) is 0 Å². The van der Waals surface area contributed by atoms with Gasteiger partial charge in [0, 0.05) is 5.33 Å². The molecular weight excluding hydrogens is 184 g/mol. The van der Waals surface area contributed by atoms with E-state index in [9.17, 15) is 0 Å². The van der Waals surface area contributed by atoms with E-state index < -0.39 is 0 Å². The van der Waals surface area contributed by atoms with E-state index in [1.807, 2.05) is 0 Å². The molecule has 2 heteroatoms. The van der Waals surface area contributed by atoms with Gasteiger partial charge in [-0.25, -0.2) is 0 Å². The maximum atomic E-state index is 3.40. The largest absolute Gasteiger partial charge is 0.106 e. The number of allylic oxidation sites excluding steroid dienone is 2. The Morgan fingerprint density at radius 3 is 3.00 bits per heavy atom. The molecule has 1 rings (SSSR count). The van der Waals surface area contributed by atoms with Gasteiger partial charge >= 0.3 is 0 Å². The summed E-state index contributed by atoms with van der Waals surface area (Å²) in [6.07, 6.45) is 3.31. The van der Waals surface area contributed by atoms with Gasteiger partial charge < -0.3 is 0 Å². The zero-order valence-corrected chi connectivity index (χ0v) is 6.83. The molecule has 0 bridgehead atoms. The Kier molecular flexibility index (Phi) is 2.70. The van der Waals surface area contributed by atoms with Crippen molar-refractivity contribution >= 4 is 27.7 Å². The molecule has 1 heterocycles. The maximum absolute atomic E-state index is 3.40. The Morgan fingerprint density at radius 1 is 1.75 bits per heavy atom. The molecule has 44 valence electrons. The van der Waals surface area contributed by atoms with Crippen molar-refractivity contribution in [1.29, 1.82) is 0 Å². The van der Waals surface area contributed by atoms with E-state index in [4.69, 9.17) is 0 Å². The number of rotatable bonds is 1. The van der Waals surface area contributed by atoms with E-state index in [-0.39, 0.29) is 0 Å². The summed E-state index contributed by atoms with van der Waals surface area (Å²) in [5.41, 5.74) is 1.47. The molecule has 0 aliphatic carbocycles. The molecule has 0 saturated heterocycles. The molecule has 0 aromatic heterocycles. The van der Waals surface area contributed by atoms with Gasteiger partial charge in [-0.1, -0.05) is 22.0 Å². The monoisotopic (exact) mass is 190 g/mol. The minimum Gasteiger partial charge on any atom is -0.106 e. The molecule has 1 aliphatic rings. The van der Waals surface area contributed by atoms with Crippen LogP contribution in [0.25, 0.3) is 0 Å². The van der Waals surface area contributed by atoms with E-state index >= 15 is 0 Å². The normalized spacial score (nSPS) is 18.4. The predicted molar refractivity (Wildman–Crippen MR) is 43.2 cm³/mol. The molecule has 0 fully saturated rings. The van der Waals surface area contributed by atoms with Crippen LogP contribution < -0.4 is 0 Å². The first-order valence-electron chi connectivity index (χ1n) is 2.48. The highest BCUT2D eigenvalue weighted by Gasteiger charge is 1.94. The lowest BCUT2D eigenvalue weighted by Crippen LogP contribution is -1.82. The van der Waals surface area contributed by atoms with E-state index in [1.54, 1.807) is 11.8 Å². The smallest absolute Gasteiger partial charge is 0.0253 e. The highest BCUT2D eigenvalue weighted by Crippen LogP contribution is 2.19. The molecule has 0 amide bonds. The second-order valence-corrected chi connectivity index (χ2v) is 2.96. The second-order valence-electron chi connectivity index (χ2n) is 1.62. The summed E-state index contributed by atoms with van der Waals surface area (Å²) in [5.74, 6) is 0. The van der Waals surface area contributed by atoms with Gasteiger partial charge in [0.25, 0.3) is 0 Å². The Labute approximate surface area is 62.2 Å². The van der Waals surface area contributed by atoms with E-state index in [0.717, 1.165) is 11.8 Å². The van der Waals surface area contributed by atoms with Gasteiger partial charge in [-0.05, 0) is 22.8 Å². The molecule has 0 aromatic rings. The standard InChI is InChI=1S/C6H7BrS/c7-4-6-2-1-3-8-5-6/h1,3,5H,2,4H2. The molecule has 0 spiro atoms. The van der Waals surface area contributed by atoms with Gasteiger partial charge in [0.1, 0.15) is 0 Å². The Hall–Kier alpha value is 0.310. The zero-order chi connectivity index (χ0) is 5.82. The van der Waals surface area contributed by atoms with Crippen molar-refractivity contribution in [3.63, 3.8) is 0 Å². The first kappa shape index (κ1) is 6.43. The number of thioether (sulfide) groups is 1. The average molecular weight is 191 g/mol. The molecular formula is C6H7BrS. The van der Waals surface area contributed by atoms with Gasteiger partial charge in [-0.15, -0.1) is 11.8 Å².